The maximum atomic E-state index is 12.4. The molecule has 0 aromatic heterocycles. The third-order valence-electron chi connectivity index (χ3n) is 4.87. The quantitative estimate of drug-likeness (QED) is 0.715. The van der Waals surface area contributed by atoms with Crippen molar-refractivity contribution in [3.8, 4) is 11.5 Å². The van der Waals surface area contributed by atoms with Crippen molar-refractivity contribution in [1.82, 2.24) is 5.01 Å². The zero-order valence-electron chi connectivity index (χ0n) is 17.6. The minimum absolute atomic E-state index is 0.000574. The fourth-order valence-electron chi connectivity index (χ4n) is 3.26. The second-order valence-corrected chi connectivity index (χ2v) is 7.06. The predicted octanol–water partition coefficient (Wildman–Crippen LogP) is 3.97. The molecule has 0 aliphatic carbocycles. The third-order valence-corrected chi connectivity index (χ3v) is 4.87. The number of hydrogen-bond acceptors (Lipinski definition) is 5. The highest BCUT2D eigenvalue weighted by Gasteiger charge is 2.22. The van der Waals surface area contributed by atoms with Gasteiger partial charge in [-0.05, 0) is 42.3 Å². The Balaban J connectivity index is 1.74. The lowest BCUT2D eigenvalue weighted by Crippen LogP contribution is -2.31. The van der Waals surface area contributed by atoms with E-state index < -0.39 is 0 Å². The molecule has 0 radical (unpaired) electrons. The SMILES string of the molecule is CCCC(=O)Nc1ccc(CN2N=C(c3ccc(OC)c(OC)c3)CCC2=O)cc1. The third kappa shape index (κ3) is 5.17. The van der Waals surface area contributed by atoms with Gasteiger partial charge in [0.05, 0.1) is 26.5 Å². The first-order chi connectivity index (χ1) is 14.5. The molecule has 1 aliphatic rings. The minimum atomic E-state index is -0.0143. The Morgan fingerprint density at radius 1 is 1.07 bits per heavy atom. The van der Waals surface area contributed by atoms with Crippen LogP contribution in [0.25, 0.3) is 0 Å². The molecule has 30 heavy (non-hydrogen) atoms. The molecule has 0 saturated heterocycles. The van der Waals surface area contributed by atoms with Gasteiger partial charge in [0.25, 0.3) is 0 Å². The molecule has 7 nitrogen and oxygen atoms in total. The van der Waals surface area contributed by atoms with E-state index in [4.69, 9.17) is 9.47 Å². The Bertz CT molecular complexity index is 938. The molecule has 7 heteroatoms. The molecule has 2 amide bonds. The van der Waals surface area contributed by atoms with E-state index in [1.165, 1.54) is 5.01 Å². The van der Waals surface area contributed by atoms with Crippen LogP contribution in [0.1, 0.15) is 43.7 Å². The van der Waals surface area contributed by atoms with Crippen LogP contribution in [0.15, 0.2) is 47.6 Å². The Kier molecular flexibility index (Phi) is 7.06. The van der Waals surface area contributed by atoms with Crippen molar-refractivity contribution in [3.63, 3.8) is 0 Å². The first kappa shape index (κ1) is 21.4. The second kappa shape index (κ2) is 9.91. The molecule has 0 bridgehead atoms. The molecule has 158 valence electrons. The minimum Gasteiger partial charge on any atom is -0.493 e. The van der Waals surface area contributed by atoms with Crippen LogP contribution >= 0.6 is 0 Å². The molecule has 0 atom stereocenters. The molecule has 1 heterocycles. The number of anilines is 1. The molecule has 0 fully saturated rings. The summed E-state index contributed by atoms with van der Waals surface area (Å²) in [5.41, 5.74) is 3.42. The van der Waals surface area contributed by atoms with Crippen LogP contribution in [-0.2, 0) is 16.1 Å². The van der Waals surface area contributed by atoms with E-state index in [1.807, 2.05) is 49.4 Å². The first-order valence-corrected chi connectivity index (χ1v) is 10.0. The summed E-state index contributed by atoms with van der Waals surface area (Å²) in [6, 6.07) is 13.1. The van der Waals surface area contributed by atoms with Crippen LogP contribution in [0.4, 0.5) is 5.69 Å². The maximum absolute atomic E-state index is 12.4. The van der Waals surface area contributed by atoms with Gasteiger partial charge in [-0.2, -0.15) is 5.10 Å². The van der Waals surface area contributed by atoms with Gasteiger partial charge in [0.15, 0.2) is 11.5 Å². The number of rotatable bonds is 8. The largest absolute Gasteiger partial charge is 0.493 e. The van der Waals surface area contributed by atoms with Crippen molar-refractivity contribution in [1.29, 1.82) is 0 Å². The highest BCUT2D eigenvalue weighted by Crippen LogP contribution is 2.29. The Morgan fingerprint density at radius 3 is 2.47 bits per heavy atom. The second-order valence-electron chi connectivity index (χ2n) is 7.06. The summed E-state index contributed by atoms with van der Waals surface area (Å²) in [6.45, 7) is 2.34. The lowest BCUT2D eigenvalue weighted by Gasteiger charge is -2.24. The van der Waals surface area contributed by atoms with Crippen molar-refractivity contribution in [2.24, 2.45) is 5.10 Å². The number of nitrogens with one attached hydrogen (secondary N) is 1. The summed E-state index contributed by atoms with van der Waals surface area (Å²) in [5, 5.41) is 8.95. The van der Waals surface area contributed by atoms with Gasteiger partial charge in [-0.3, -0.25) is 9.59 Å². The van der Waals surface area contributed by atoms with Crippen LogP contribution in [0, 0.1) is 0 Å². The van der Waals surface area contributed by atoms with E-state index in [-0.39, 0.29) is 11.8 Å². The van der Waals surface area contributed by atoms with Crippen LogP contribution in [-0.4, -0.2) is 36.8 Å². The average molecular weight is 409 g/mol. The number of hydrazone groups is 1. The number of amides is 2. The zero-order valence-corrected chi connectivity index (χ0v) is 17.6. The average Bonchev–Trinajstić information content (AvgIpc) is 2.76. The molecule has 0 spiro atoms. The number of nitrogens with zero attached hydrogens (tertiary/aromatic N) is 2. The normalized spacial score (nSPS) is 13.6. The molecule has 3 rings (SSSR count). The molecule has 2 aromatic rings. The smallest absolute Gasteiger partial charge is 0.243 e. The summed E-state index contributed by atoms with van der Waals surface area (Å²) in [4.78, 5) is 24.1. The van der Waals surface area contributed by atoms with Gasteiger partial charge in [-0.15, -0.1) is 0 Å². The van der Waals surface area contributed by atoms with E-state index in [0.29, 0.717) is 37.3 Å². The summed E-state index contributed by atoms with van der Waals surface area (Å²) >= 11 is 0. The number of methoxy groups -OCH3 is 2. The highest BCUT2D eigenvalue weighted by atomic mass is 16.5. The van der Waals surface area contributed by atoms with Crippen LogP contribution in [0.2, 0.25) is 0 Å². The van der Waals surface area contributed by atoms with Crippen molar-refractivity contribution in [3.05, 3.63) is 53.6 Å². The van der Waals surface area contributed by atoms with Gasteiger partial charge in [0.1, 0.15) is 0 Å². The lowest BCUT2D eigenvalue weighted by atomic mass is 10.0. The predicted molar refractivity (Wildman–Crippen MR) is 116 cm³/mol. The molecule has 1 N–H and O–H groups in total. The number of carbonyl (C=O) groups excluding carboxylic acids is 2. The van der Waals surface area contributed by atoms with E-state index in [9.17, 15) is 9.59 Å². The molecular formula is C23H27N3O4. The monoisotopic (exact) mass is 409 g/mol. The van der Waals surface area contributed by atoms with Crippen molar-refractivity contribution < 1.29 is 19.1 Å². The molecule has 2 aromatic carbocycles. The van der Waals surface area contributed by atoms with E-state index in [2.05, 4.69) is 10.4 Å². The van der Waals surface area contributed by atoms with Gasteiger partial charge in [-0.25, -0.2) is 5.01 Å². The van der Waals surface area contributed by atoms with Gasteiger partial charge >= 0.3 is 0 Å². The van der Waals surface area contributed by atoms with Crippen molar-refractivity contribution in [2.75, 3.05) is 19.5 Å². The van der Waals surface area contributed by atoms with Gasteiger partial charge in [0, 0.05) is 30.5 Å². The molecule has 0 unspecified atom stereocenters. The Hall–Kier alpha value is -3.35. The van der Waals surface area contributed by atoms with Gasteiger partial charge in [-0.1, -0.05) is 19.1 Å². The fraction of sp³-hybridized carbons (Fsp3) is 0.348. The number of hydrogen-bond donors (Lipinski definition) is 1. The number of carbonyl (C=O) groups is 2. The van der Waals surface area contributed by atoms with E-state index >= 15 is 0 Å². The zero-order chi connectivity index (χ0) is 21.5. The van der Waals surface area contributed by atoms with Gasteiger partial charge in [0.2, 0.25) is 11.8 Å². The standard InChI is InChI=1S/C23H27N3O4/c1-4-5-22(27)24-18-9-6-16(7-10-18)15-26-23(28)13-11-19(25-26)17-8-12-20(29-2)21(14-17)30-3/h6-10,12,14H,4-5,11,13,15H2,1-3H3,(H,24,27). The van der Waals surface area contributed by atoms with Crippen molar-refractivity contribution in [2.45, 2.75) is 39.2 Å². The van der Waals surface area contributed by atoms with Crippen LogP contribution in [0.5, 0.6) is 11.5 Å². The van der Waals surface area contributed by atoms with Crippen LogP contribution < -0.4 is 14.8 Å². The van der Waals surface area contributed by atoms with Crippen molar-refractivity contribution >= 4 is 23.2 Å². The molecule has 1 aliphatic heterocycles. The number of benzene rings is 2. The Morgan fingerprint density at radius 2 is 1.80 bits per heavy atom. The highest BCUT2D eigenvalue weighted by molar-refractivity contribution is 6.04. The summed E-state index contributed by atoms with van der Waals surface area (Å²) in [6.07, 6.45) is 2.28. The van der Waals surface area contributed by atoms with Crippen LogP contribution in [0.3, 0.4) is 0 Å². The maximum Gasteiger partial charge on any atom is 0.243 e. The van der Waals surface area contributed by atoms with E-state index in [0.717, 1.165) is 28.9 Å². The molecular weight excluding hydrogens is 382 g/mol. The summed E-state index contributed by atoms with van der Waals surface area (Å²) in [7, 11) is 3.19. The molecule has 0 saturated carbocycles. The Labute approximate surface area is 176 Å². The first-order valence-electron chi connectivity index (χ1n) is 10.0. The summed E-state index contributed by atoms with van der Waals surface area (Å²) < 4.78 is 10.7. The number of ether oxygens (including phenoxy) is 2. The van der Waals surface area contributed by atoms with E-state index in [1.54, 1.807) is 14.2 Å². The van der Waals surface area contributed by atoms with Gasteiger partial charge < -0.3 is 14.8 Å². The lowest BCUT2D eigenvalue weighted by molar-refractivity contribution is -0.132. The topological polar surface area (TPSA) is 80.2 Å². The summed E-state index contributed by atoms with van der Waals surface area (Å²) in [5.74, 6) is 1.26. The fourth-order valence-corrected chi connectivity index (χ4v) is 3.26.